The van der Waals surface area contributed by atoms with Crippen LogP contribution in [0.1, 0.15) is 29.4 Å². The number of aryl methyl sites for hydroxylation is 1. The third-order valence-electron chi connectivity index (χ3n) is 1.60. The predicted molar refractivity (Wildman–Crippen MR) is 62.0 cm³/mol. The Kier molecular flexibility index (Phi) is 7.89. The van der Waals surface area contributed by atoms with Crippen LogP contribution in [0.5, 0.6) is 0 Å². The molecule has 16 heavy (non-hydrogen) atoms. The van der Waals surface area contributed by atoms with E-state index in [0.29, 0.717) is 12.1 Å². The number of nitrogens with zero attached hydrogens (tertiary/aromatic N) is 2. The molecule has 1 rings (SSSR count). The lowest BCUT2D eigenvalue weighted by Crippen LogP contribution is -2.24. The van der Waals surface area contributed by atoms with Gasteiger partial charge >= 0.3 is 0 Å². The van der Waals surface area contributed by atoms with E-state index >= 15 is 0 Å². The van der Waals surface area contributed by atoms with Crippen molar-refractivity contribution in [2.24, 2.45) is 0 Å². The summed E-state index contributed by atoms with van der Waals surface area (Å²) < 4.78 is 0.944. The molecule has 4 nitrogen and oxygen atoms in total. The fourth-order valence-electron chi connectivity index (χ4n) is 1.06. The number of carbonyl (C=O) groups excluding carboxylic acids is 1. The second-order valence-corrected chi connectivity index (χ2v) is 4.12. The van der Waals surface area contributed by atoms with Crippen LogP contribution in [0.2, 0.25) is 0 Å². The number of carboxylic acid groups (broad SMARTS) is 1. The molecule has 1 aromatic heterocycles. The van der Waals surface area contributed by atoms with Gasteiger partial charge in [0.1, 0.15) is 0 Å². The summed E-state index contributed by atoms with van der Waals surface area (Å²) in [5.74, 6) is -1.15. The van der Waals surface area contributed by atoms with Crippen LogP contribution in [0.4, 0.5) is 0 Å². The van der Waals surface area contributed by atoms with Crippen molar-refractivity contribution in [3.05, 3.63) is 29.6 Å². The molecule has 1 heterocycles. The lowest BCUT2D eigenvalue weighted by molar-refractivity contribution is -0.255. The van der Waals surface area contributed by atoms with Gasteiger partial charge in [0.25, 0.3) is 0 Å². The quantitative estimate of drug-likeness (QED) is 0.778. The summed E-state index contributed by atoms with van der Waals surface area (Å²) in [5, 5.41) is 10.5. The summed E-state index contributed by atoms with van der Waals surface area (Å²) >= 11 is 9.75. The molecule has 0 fully saturated rings. The number of aromatic carboxylic acids is 1. The number of rotatable bonds is 3. The molecule has 0 saturated heterocycles. The first kappa shape index (κ1) is 15.2. The fourth-order valence-corrected chi connectivity index (χ4v) is 1.06. The normalized spacial score (nSPS) is 9.56. The topological polar surface area (TPSA) is 56.3 Å². The zero-order valence-electron chi connectivity index (χ0n) is 9.11. The van der Waals surface area contributed by atoms with Crippen LogP contribution in [0.3, 0.4) is 0 Å². The second-order valence-electron chi connectivity index (χ2n) is 2.94. The number of aromatic nitrogens is 1. The van der Waals surface area contributed by atoms with E-state index in [1.807, 2.05) is 6.92 Å². The highest BCUT2D eigenvalue weighted by Gasteiger charge is 2.01. The maximum atomic E-state index is 10.5. The van der Waals surface area contributed by atoms with E-state index in [0.717, 1.165) is 10.4 Å². The fraction of sp³-hybridized carbons (Fsp3) is 0.400. The van der Waals surface area contributed by atoms with Crippen LogP contribution in [0.15, 0.2) is 18.3 Å². The molecule has 0 bridgehead atoms. The van der Waals surface area contributed by atoms with Crippen molar-refractivity contribution in [1.29, 1.82) is 0 Å². The van der Waals surface area contributed by atoms with E-state index in [-0.39, 0.29) is 5.56 Å². The number of halogens is 2. The van der Waals surface area contributed by atoms with Crippen LogP contribution in [0, 0.1) is 0 Å². The minimum Gasteiger partial charge on any atom is -0.545 e. The van der Waals surface area contributed by atoms with Gasteiger partial charge in [-0.1, -0.05) is 13.3 Å². The molecule has 0 unspecified atom stereocenters. The lowest BCUT2D eigenvalue weighted by atomic mass is 10.1. The van der Waals surface area contributed by atoms with Crippen molar-refractivity contribution in [2.75, 3.05) is 7.05 Å². The number of carbonyl (C=O) groups is 1. The van der Waals surface area contributed by atoms with Gasteiger partial charge < -0.3 is 9.90 Å². The summed E-state index contributed by atoms with van der Waals surface area (Å²) in [6, 6.07) is 3.12. The predicted octanol–water partition coefficient (Wildman–Crippen LogP) is 1.62. The third-order valence-corrected chi connectivity index (χ3v) is 1.60. The van der Waals surface area contributed by atoms with Crippen molar-refractivity contribution >= 4 is 29.5 Å². The molecule has 0 radical (unpaired) electrons. The second kappa shape index (κ2) is 8.33. The maximum absolute atomic E-state index is 10.5. The SMILES string of the molecule is CCCc1ncccc1C(=O)[O-].CN(Cl)Cl. The minimum atomic E-state index is -1.15. The molecule has 0 atom stereocenters. The lowest BCUT2D eigenvalue weighted by Gasteiger charge is -2.06. The standard InChI is InChI=1S/C9H11NO2.CH3Cl2N/c1-2-4-8-7(9(11)12)5-3-6-10-8;1-4(2)3/h3,5-6H,2,4H2,1H3,(H,11,12);1H3/p-1. The van der Waals surface area contributed by atoms with E-state index in [9.17, 15) is 9.90 Å². The molecule has 0 saturated carbocycles. The smallest absolute Gasteiger partial charge is 0.0733 e. The van der Waals surface area contributed by atoms with Gasteiger partial charge in [-0.25, -0.2) is 0 Å². The zero-order chi connectivity index (χ0) is 12.6. The third kappa shape index (κ3) is 6.61. The maximum Gasteiger partial charge on any atom is 0.0733 e. The Hall–Kier alpha value is -0.840. The Morgan fingerprint density at radius 3 is 2.56 bits per heavy atom. The summed E-state index contributed by atoms with van der Waals surface area (Å²) in [6.45, 7) is 1.98. The van der Waals surface area contributed by atoms with Gasteiger partial charge in [0, 0.05) is 24.5 Å². The molecule has 0 aliphatic carbocycles. The Morgan fingerprint density at radius 2 is 2.12 bits per heavy atom. The Morgan fingerprint density at radius 1 is 1.56 bits per heavy atom. The minimum absolute atomic E-state index is 0.208. The largest absolute Gasteiger partial charge is 0.545 e. The average molecular weight is 264 g/mol. The van der Waals surface area contributed by atoms with Gasteiger partial charge in [0.05, 0.1) is 5.97 Å². The average Bonchev–Trinajstić information content (AvgIpc) is 2.18. The molecule has 6 heteroatoms. The summed E-state index contributed by atoms with van der Waals surface area (Å²) in [6.07, 6.45) is 3.17. The van der Waals surface area contributed by atoms with Crippen molar-refractivity contribution in [2.45, 2.75) is 19.8 Å². The highest BCUT2D eigenvalue weighted by atomic mass is 35.5. The van der Waals surface area contributed by atoms with Crippen molar-refractivity contribution < 1.29 is 9.90 Å². The molecular weight excluding hydrogens is 251 g/mol. The molecule has 0 N–H and O–H groups in total. The number of carboxylic acids is 1. The van der Waals surface area contributed by atoms with E-state index in [2.05, 4.69) is 4.98 Å². The van der Waals surface area contributed by atoms with Gasteiger partial charge in [-0.2, -0.15) is 0 Å². The number of pyridine rings is 1. The highest BCUT2D eigenvalue weighted by Crippen LogP contribution is 2.06. The Labute approximate surface area is 105 Å². The van der Waals surface area contributed by atoms with Crippen molar-refractivity contribution in [3.8, 4) is 0 Å². The van der Waals surface area contributed by atoms with E-state index in [1.165, 1.54) is 13.1 Å². The van der Waals surface area contributed by atoms with Crippen LogP contribution < -0.4 is 5.11 Å². The molecule has 0 amide bonds. The highest BCUT2D eigenvalue weighted by molar-refractivity contribution is 6.33. The number of hydrogen-bond donors (Lipinski definition) is 0. The monoisotopic (exact) mass is 263 g/mol. The van der Waals surface area contributed by atoms with Crippen molar-refractivity contribution in [3.63, 3.8) is 0 Å². The summed E-state index contributed by atoms with van der Waals surface area (Å²) in [4.78, 5) is 14.5. The molecule has 1 aromatic rings. The molecule has 0 aliphatic rings. The molecule has 0 spiro atoms. The Bertz CT molecular complexity index is 330. The summed E-state index contributed by atoms with van der Waals surface area (Å²) in [5.41, 5.74) is 0.819. The molecular formula is C10H13Cl2N2O2-. The van der Waals surface area contributed by atoms with E-state index in [1.54, 1.807) is 12.3 Å². The van der Waals surface area contributed by atoms with E-state index in [4.69, 9.17) is 23.6 Å². The number of hydrogen-bond acceptors (Lipinski definition) is 4. The molecule has 0 aliphatic heterocycles. The van der Waals surface area contributed by atoms with Gasteiger partial charge in [0.15, 0.2) is 0 Å². The first-order valence-corrected chi connectivity index (χ1v) is 5.37. The van der Waals surface area contributed by atoms with Crippen LogP contribution >= 0.6 is 23.6 Å². The molecule has 90 valence electrons. The van der Waals surface area contributed by atoms with Gasteiger partial charge in [0.2, 0.25) is 0 Å². The van der Waals surface area contributed by atoms with Crippen LogP contribution in [-0.2, 0) is 6.42 Å². The van der Waals surface area contributed by atoms with E-state index < -0.39 is 5.97 Å². The van der Waals surface area contributed by atoms with Gasteiger partial charge in [-0.3, -0.25) is 4.98 Å². The van der Waals surface area contributed by atoms with Crippen LogP contribution in [-0.4, -0.2) is 21.9 Å². The van der Waals surface area contributed by atoms with Crippen LogP contribution in [0.25, 0.3) is 0 Å². The molecule has 0 aromatic carbocycles. The Balaban J connectivity index is 0.000000487. The van der Waals surface area contributed by atoms with Gasteiger partial charge in [-0.05, 0) is 42.1 Å². The zero-order valence-corrected chi connectivity index (χ0v) is 10.6. The first-order chi connectivity index (χ1) is 7.49. The van der Waals surface area contributed by atoms with Gasteiger partial charge in [-0.15, -0.1) is 3.94 Å². The first-order valence-electron chi connectivity index (χ1n) is 4.69. The summed E-state index contributed by atoms with van der Waals surface area (Å²) in [7, 11) is 1.53. The van der Waals surface area contributed by atoms with Crippen molar-refractivity contribution in [1.82, 2.24) is 8.92 Å².